The van der Waals surface area contributed by atoms with Gasteiger partial charge in [-0.15, -0.1) is 0 Å². The molecule has 0 saturated heterocycles. The van der Waals surface area contributed by atoms with Gasteiger partial charge in [0.15, 0.2) is 0 Å². The maximum Gasteiger partial charge on any atom is 0.224 e. The number of nitrogen functional groups attached to an aromatic ring is 1. The number of nitrogens with one attached hydrogen (secondary N) is 1. The first kappa shape index (κ1) is 6.42. The molecule has 2 aromatic rings. The van der Waals surface area contributed by atoms with E-state index < -0.39 is 0 Å². The van der Waals surface area contributed by atoms with Gasteiger partial charge in [0.25, 0.3) is 0 Å². The van der Waals surface area contributed by atoms with Gasteiger partial charge in [-0.25, -0.2) is 4.98 Å². The lowest BCUT2D eigenvalue weighted by atomic mass is 10.4. The molecule has 0 amide bonds. The van der Waals surface area contributed by atoms with Crippen molar-refractivity contribution in [3.05, 3.63) is 17.7 Å². The molecule has 0 radical (unpaired) electrons. The van der Waals surface area contributed by atoms with E-state index in [4.69, 9.17) is 17.3 Å². The van der Waals surface area contributed by atoms with E-state index in [-0.39, 0.29) is 5.28 Å². The highest BCUT2D eigenvalue weighted by Gasteiger charge is 2.01. The monoisotopic (exact) mass is 168 g/mol. The molecular weight excluding hydrogens is 164 g/mol. The van der Waals surface area contributed by atoms with Gasteiger partial charge in [-0.3, -0.25) is 0 Å². The van der Waals surface area contributed by atoms with Crippen LogP contribution in [0.2, 0.25) is 5.28 Å². The third-order valence-electron chi connectivity index (χ3n) is 1.43. The first-order valence-corrected chi connectivity index (χ1v) is 3.40. The quantitative estimate of drug-likeness (QED) is 0.581. The van der Waals surface area contributed by atoms with E-state index in [2.05, 4.69) is 15.0 Å². The number of anilines is 1. The van der Waals surface area contributed by atoms with Gasteiger partial charge in [0.1, 0.15) is 5.65 Å². The van der Waals surface area contributed by atoms with Crippen molar-refractivity contribution in [1.29, 1.82) is 0 Å². The molecule has 0 aliphatic heterocycles. The van der Waals surface area contributed by atoms with Crippen LogP contribution >= 0.6 is 11.6 Å². The molecule has 0 aliphatic rings. The summed E-state index contributed by atoms with van der Waals surface area (Å²) < 4.78 is 0. The van der Waals surface area contributed by atoms with Gasteiger partial charge >= 0.3 is 0 Å². The number of hydrogen-bond acceptors (Lipinski definition) is 3. The standard InChI is InChI=1S/C6H5ClN4/c7-6-10-1-3-4(8)2-9-5(3)11-6/h1-2H,8H2,(H,9,10,11). The highest BCUT2D eigenvalue weighted by atomic mass is 35.5. The van der Waals surface area contributed by atoms with Crippen molar-refractivity contribution in [2.75, 3.05) is 5.73 Å². The number of hydrogen-bond donors (Lipinski definition) is 2. The fourth-order valence-electron chi connectivity index (χ4n) is 0.905. The maximum absolute atomic E-state index is 5.57. The SMILES string of the molecule is Nc1c[nH]c2nc(Cl)ncc12. The Morgan fingerprint density at radius 3 is 3.18 bits per heavy atom. The van der Waals surface area contributed by atoms with Gasteiger partial charge in [0, 0.05) is 12.4 Å². The smallest absolute Gasteiger partial charge is 0.224 e. The van der Waals surface area contributed by atoms with E-state index in [1.54, 1.807) is 12.4 Å². The van der Waals surface area contributed by atoms with Gasteiger partial charge in [0.05, 0.1) is 11.1 Å². The summed E-state index contributed by atoms with van der Waals surface area (Å²) in [4.78, 5) is 10.6. The summed E-state index contributed by atoms with van der Waals surface area (Å²) in [6.07, 6.45) is 3.26. The lowest BCUT2D eigenvalue weighted by molar-refractivity contribution is 1.20. The van der Waals surface area contributed by atoms with Crippen LogP contribution in [0.15, 0.2) is 12.4 Å². The third kappa shape index (κ3) is 0.914. The summed E-state index contributed by atoms with van der Waals surface area (Å²) in [5.74, 6) is 0. The summed E-state index contributed by atoms with van der Waals surface area (Å²) in [7, 11) is 0. The Balaban J connectivity index is 2.86. The van der Waals surface area contributed by atoms with Crippen molar-refractivity contribution in [2.24, 2.45) is 0 Å². The van der Waals surface area contributed by atoms with Crippen LogP contribution in [0.4, 0.5) is 5.69 Å². The lowest BCUT2D eigenvalue weighted by Crippen LogP contribution is -1.84. The molecule has 0 aliphatic carbocycles. The first-order valence-electron chi connectivity index (χ1n) is 3.02. The minimum atomic E-state index is 0.222. The second-order valence-corrected chi connectivity index (χ2v) is 2.48. The van der Waals surface area contributed by atoms with E-state index in [0.717, 1.165) is 5.39 Å². The van der Waals surface area contributed by atoms with E-state index in [0.29, 0.717) is 11.3 Å². The molecule has 0 saturated carbocycles. The second kappa shape index (κ2) is 2.10. The highest BCUT2D eigenvalue weighted by molar-refractivity contribution is 6.28. The molecule has 0 fully saturated rings. The lowest BCUT2D eigenvalue weighted by Gasteiger charge is -1.89. The number of aromatic nitrogens is 3. The molecule has 4 nitrogen and oxygen atoms in total. The summed E-state index contributed by atoms with van der Waals surface area (Å²) in [5, 5.41) is 1.02. The van der Waals surface area contributed by atoms with Crippen molar-refractivity contribution in [3.63, 3.8) is 0 Å². The largest absolute Gasteiger partial charge is 0.397 e. The Bertz CT molecular complexity index is 394. The van der Waals surface area contributed by atoms with Crippen LogP contribution in [0, 0.1) is 0 Å². The Labute approximate surface area is 67.4 Å². The third-order valence-corrected chi connectivity index (χ3v) is 1.62. The first-order chi connectivity index (χ1) is 5.27. The van der Waals surface area contributed by atoms with Crippen molar-refractivity contribution in [2.45, 2.75) is 0 Å². The average molecular weight is 169 g/mol. The molecule has 0 atom stereocenters. The average Bonchev–Trinajstić information content (AvgIpc) is 2.32. The molecule has 0 spiro atoms. The van der Waals surface area contributed by atoms with Crippen molar-refractivity contribution < 1.29 is 0 Å². The number of H-pyrrole nitrogens is 1. The fraction of sp³-hybridized carbons (Fsp3) is 0. The van der Waals surface area contributed by atoms with Crippen LogP contribution < -0.4 is 5.73 Å². The van der Waals surface area contributed by atoms with Crippen molar-refractivity contribution in [1.82, 2.24) is 15.0 Å². The van der Waals surface area contributed by atoms with Crippen LogP contribution in [0.1, 0.15) is 0 Å². The molecule has 0 bridgehead atoms. The van der Waals surface area contributed by atoms with Crippen molar-refractivity contribution >= 4 is 28.3 Å². The molecular formula is C6H5ClN4. The number of aromatic amines is 1. The molecule has 2 rings (SSSR count). The zero-order chi connectivity index (χ0) is 7.84. The van der Waals surface area contributed by atoms with Gasteiger partial charge in [-0.2, -0.15) is 4.98 Å². The molecule has 56 valence electrons. The predicted molar refractivity (Wildman–Crippen MR) is 43.3 cm³/mol. The van der Waals surface area contributed by atoms with E-state index >= 15 is 0 Å². The van der Waals surface area contributed by atoms with Crippen LogP contribution in [0.3, 0.4) is 0 Å². The molecule has 11 heavy (non-hydrogen) atoms. The fourth-order valence-corrected chi connectivity index (χ4v) is 1.04. The summed E-state index contributed by atoms with van der Waals surface area (Å²) in [5.41, 5.74) is 6.88. The number of nitrogens with zero attached hydrogens (tertiary/aromatic N) is 2. The zero-order valence-electron chi connectivity index (χ0n) is 5.50. The molecule has 0 aromatic carbocycles. The second-order valence-electron chi connectivity index (χ2n) is 2.15. The van der Waals surface area contributed by atoms with Gasteiger partial charge in [-0.05, 0) is 11.6 Å². The Morgan fingerprint density at radius 1 is 1.55 bits per heavy atom. The summed E-state index contributed by atoms with van der Waals surface area (Å²) >= 11 is 5.54. The minimum Gasteiger partial charge on any atom is -0.397 e. The van der Waals surface area contributed by atoms with Crippen LogP contribution in [0.5, 0.6) is 0 Å². The maximum atomic E-state index is 5.57. The zero-order valence-corrected chi connectivity index (χ0v) is 6.26. The highest BCUT2D eigenvalue weighted by Crippen LogP contribution is 2.17. The number of fused-ring (bicyclic) bond motifs is 1. The Morgan fingerprint density at radius 2 is 2.36 bits per heavy atom. The van der Waals surface area contributed by atoms with E-state index in [1.807, 2.05) is 0 Å². The van der Waals surface area contributed by atoms with Crippen LogP contribution in [0.25, 0.3) is 11.0 Å². The van der Waals surface area contributed by atoms with E-state index in [1.165, 1.54) is 0 Å². The molecule has 2 aromatic heterocycles. The summed E-state index contributed by atoms with van der Waals surface area (Å²) in [6.45, 7) is 0. The summed E-state index contributed by atoms with van der Waals surface area (Å²) in [6, 6.07) is 0. The number of nitrogens with two attached hydrogens (primary N) is 1. The molecule has 3 N–H and O–H groups in total. The number of rotatable bonds is 0. The van der Waals surface area contributed by atoms with Gasteiger partial charge < -0.3 is 10.7 Å². The normalized spacial score (nSPS) is 10.6. The molecule has 0 unspecified atom stereocenters. The van der Waals surface area contributed by atoms with Crippen molar-refractivity contribution in [3.8, 4) is 0 Å². The predicted octanol–water partition coefficient (Wildman–Crippen LogP) is 1.19. The van der Waals surface area contributed by atoms with Crippen LogP contribution in [-0.4, -0.2) is 15.0 Å². The Kier molecular flexibility index (Phi) is 1.22. The van der Waals surface area contributed by atoms with Crippen LogP contribution in [-0.2, 0) is 0 Å². The molecule has 2 heterocycles. The molecule has 5 heteroatoms. The van der Waals surface area contributed by atoms with Gasteiger partial charge in [0.2, 0.25) is 5.28 Å². The number of halogens is 1. The minimum absolute atomic E-state index is 0.222. The topological polar surface area (TPSA) is 67.6 Å². The van der Waals surface area contributed by atoms with E-state index in [9.17, 15) is 0 Å². The van der Waals surface area contributed by atoms with Gasteiger partial charge in [-0.1, -0.05) is 0 Å². The Hall–Kier alpha value is -1.29.